The summed E-state index contributed by atoms with van der Waals surface area (Å²) in [6.07, 6.45) is 0.153. The summed E-state index contributed by atoms with van der Waals surface area (Å²) in [5.41, 5.74) is 1.16. The molecule has 2 heterocycles. The minimum absolute atomic E-state index is 0.0247. The van der Waals surface area contributed by atoms with Gasteiger partial charge in [0.15, 0.2) is 0 Å². The molecule has 1 amide bonds. The van der Waals surface area contributed by atoms with Gasteiger partial charge < -0.3 is 24.4 Å². The smallest absolute Gasteiger partial charge is 0.240 e. The van der Waals surface area contributed by atoms with Crippen LogP contribution in [-0.2, 0) is 19.6 Å². The molecule has 0 unspecified atom stereocenters. The zero-order valence-electron chi connectivity index (χ0n) is 19.9. The van der Waals surface area contributed by atoms with Crippen LogP contribution in [-0.4, -0.2) is 82.5 Å². The fourth-order valence-electron chi connectivity index (χ4n) is 4.62. The highest BCUT2D eigenvalue weighted by molar-refractivity contribution is 7.89. The van der Waals surface area contributed by atoms with Gasteiger partial charge in [0.2, 0.25) is 15.9 Å². The van der Waals surface area contributed by atoms with Gasteiger partial charge in [-0.15, -0.1) is 0 Å². The van der Waals surface area contributed by atoms with E-state index in [0.29, 0.717) is 31.7 Å². The van der Waals surface area contributed by atoms with E-state index in [9.17, 15) is 18.3 Å². The van der Waals surface area contributed by atoms with E-state index in [-0.39, 0.29) is 29.9 Å². The minimum Gasteiger partial charge on any atom is -0.497 e. The zero-order chi connectivity index (χ0) is 24.8. The molecule has 3 atom stereocenters. The monoisotopic (exact) mass is 503 g/mol. The molecule has 0 bridgehead atoms. The molecular weight excluding hydrogens is 470 g/mol. The Morgan fingerprint density at radius 3 is 2.37 bits per heavy atom. The van der Waals surface area contributed by atoms with Gasteiger partial charge in [0.1, 0.15) is 5.75 Å². The van der Waals surface area contributed by atoms with Crippen LogP contribution in [0.5, 0.6) is 5.75 Å². The number of methoxy groups -OCH3 is 1. The number of benzene rings is 2. The molecule has 10 heteroatoms. The molecule has 0 aliphatic carbocycles. The highest BCUT2D eigenvalue weighted by Crippen LogP contribution is 2.25. The maximum Gasteiger partial charge on any atom is 0.240 e. The molecule has 2 aliphatic heterocycles. The zero-order valence-corrected chi connectivity index (χ0v) is 20.7. The Kier molecular flexibility index (Phi) is 8.27. The highest BCUT2D eigenvalue weighted by atomic mass is 32.2. The van der Waals surface area contributed by atoms with Gasteiger partial charge in [0.25, 0.3) is 0 Å². The number of carbonyl (C=O) groups excluding carboxylic acids is 1. The summed E-state index contributed by atoms with van der Waals surface area (Å²) in [5, 5.41) is 9.86. The number of amides is 1. The standard InChI is InChI=1S/C25H33N3O6S/c1-33-20-7-10-22(11-8-20)35(31,32)26-23-12-9-21(34-24(23)18-29)17-25(30)28-15-13-27(14-16-28)19-5-3-2-4-6-19/h2-8,10-11,21,23-24,26,29H,9,12-18H2,1H3/t21-,23-,24+/m1/s1. The Hall–Kier alpha value is -2.66. The van der Waals surface area contributed by atoms with Gasteiger partial charge in [-0.3, -0.25) is 4.79 Å². The van der Waals surface area contributed by atoms with E-state index in [1.54, 1.807) is 12.1 Å². The summed E-state index contributed by atoms with van der Waals surface area (Å²) in [4.78, 5) is 17.1. The second kappa shape index (κ2) is 11.4. The summed E-state index contributed by atoms with van der Waals surface area (Å²) in [7, 11) is -2.28. The summed E-state index contributed by atoms with van der Waals surface area (Å²) < 4.78 is 39.3. The number of ether oxygens (including phenoxy) is 2. The van der Waals surface area contributed by atoms with Crippen LogP contribution in [0.4, 0.5) is 5.69 Å². The number of hydrogen-bond acceptors (Lipinski definition) is 7. The van der Waals surface area contributed by atoms with E-state index < -0.39 is 22.2 Å². The molecule has 0 spiro atoms. The third-order valence-corrected chi connectivity index (χ3v) is 8.13. The molecule has 0 aromatic heterocycles. The second-order valence-corrected chi connectivity index (χ2v) is 10.6. The van der Waals surface area contributed by atoms with Gasteiger partial charge in [-0.2, -0.15) is 0 Å². The SMILES string of the molecule is COc1ccc(S(=O)(=O)N[C@@H]2CC[C@H](CC(=O)N3CCN(c4ccccc4)CC3)O[C@H]2CO)cc1. The Balaban J connectivity index is 1.28. The van der Waals surface area contributed by atoms with Crippen LogP contribution in [0.2, 0.25) is 0 Å². The van der Waals surface area contributed by atoms with E-state index in [2.05, 4.69) is 21.8 Å². The molecule has 0 radical (unpaired) electrons. The first kappa shape index (κ1) is 25.4. The molecule has 2 saturated heterocycles. The van der Waals surface area contributed by atoms with Crippen molar-refractivity contribution >= 4 is 21.6 Å². The molecule has 2 aromatic carbocycles. The summed E-state index contributed by atoms with van der Waals surface area (Å²) in [5.74, 6) is 0.587. The predicted molar refractivity (Wildman–Crippen MR) is 132 cm³/mol. The molecule has 2 fully saturated rings. The van der Waals surface area contributed by atoms with Gasteiger partial charge >= 0.3 is 0 Å². The van der Waals surface area contributed by atoms with Crippen molar-refractivity contribution in [2.75, 3.05) is 44.8 Å². The lowest BCUT2D eigenvalue weighted by Crippen LogP contribution is -2.52. The molecule has 0 saturated carbocycles. The molecule has 2 aromatic rings. The van der Waals surface area contributed by atoms with Gasteiger partial charge in [0, 0.05) is 31.9 Å². The summed E-state index contributed by atoms with van der Waals surface area (Å²) in [6, 6.07) is 15.7. The van der Waals surface area contributed by atoms with Crippen molar-refractivity contribution in [1.82, 2.24) is 9.62 Å². The average molecular weight is 504 g/mol. The number of rotatable bonds is 8. The Morgan fingerprint density at radius 2 is 1.74 bits per heavy atom. The van der Waals surface area contributed by atoms with Crippen LogP contribution >= 0.6 is 0 Å². The second-order valence-electron chi connectivity index (χ2n) is 8.87. The molecule has 190 valence electrons. The van der Waals surface area contributed by atoms with Gasteiger partial charge in [-0.05, 0) is 49.2 Å². The van der Waals surface area contributed by atoms with Crippen LogP contribution in [0.1, 0.15) is 19.3 Å². The summed E-state index contributed by atoms with van der Waals surface area (Å²) >= 11 is 0. The normalized spacial score (nSPS) is 23.2. The number of sulfonamides is 1. The number of aliphatic hydroxyl groups is 1. The lowest BCUT2D eigenvalue weighted by Gasteiger charge is -2.38. The Labute approximate surface area is 206 Å². The molecule has 2 N–H and O–H groups in total. The number of nitrogens with one attached hydrogen (secondary N) is 1. The van der Waals surface area contributed by atoms with Crippen molar-refractivity contribution in [3.8, 4) is 5.75 Å². The number of nitrogens with zero attached hydrogens (tertiary/aromatic N) is 2. The first-order chi connectivity index (χ1) is 16.9. The average Bonchev–Trinajstić information content (AvgIpc) is 2.90. The third-order valence-electron chi connectivity index (χ3n) is 6.63. The van der Waals surface area contributed by atoms with Crippen LogP contribution in [0, 0.1) is 0 Å². The van der Waals surface area contributed by atoms with Gasteiger partial charge in [0.05, 0.1) is 43.3 Å². The molecule has 4 rings (SSSR count). The van der Waals surface area contributed by atoms with E-state index in [4.69, 9.17) is 9.47 Å². The van der Waals surface area contributed by atoms with Crippen molar-refractivity contribution < 1.29 is 27.8 Å². The fraction of sp³-hybridized carbons (Fsp3) is 0.480. The Morgan fingerprint density at radius 1 is 1.06 bits per heavy atom. The molecule has 9 nitrogen and oxygen atoms in total. The van der Waals surface area contributed by atoms with Crippen LogP contribution in [0.3, 0.4) is 0 Å². The number of hydrogen-bond donors (Lipinski definition) is 2. The van der Waals surface area contributed by atoms with Crippen molar-refractivity contribution in [2.24, 2.45) is 0 Å². The summed E-state index contributed by atoms with van der Waals surface area (Å²) in [6.45, 7) is 2.50. The van der Waals surface area contributed by atoms with Crippen molar-refractivity contribution in [3.05, 3.63) is 54.6 Å². The topological polar surface area (TPSA) is 108 Å². The minimum atomic E-state index is -3.79. The maximum absolute atomic E-state index is 12.9. The fourth-order valence-corrected chi connectivity index (χ4v) is 5.91. The van der Waals surface area contributed by atoms with Crippen molar-refractivity contribution in [2.45, 2.75) is 42.4 Å². The predicted octanol–water partition coefficient (Wildman–Crippen LogP) is 1.62. The lowest BCUT2D eigenvalue weighted by atomic mass is 9.97. The maximum atomic E-state index is 12.9. The lowest BCUT2D eigenvalue weighted by molar-refractivity contribution is -0.140. The first-order valence-corrected chi connectivity index (χ1v) is 13.4. The quantitative estimate of drug-likeness (QED) is 0.564. The van der Waals surface area contributed by atoms with Crippen molar-refractivity contribution in [3.63, 3.8) is 0 Å². The van der Waals surface area contributed by atoms with Crippen LogP contribution in [0.15, 0.2) is 59.5 Å². The third kappa shape index (κ3) is 6.32. The van der Waals surface area contributed by atoms with E-state index >= 15 is 0 Å². The highest BCUT2D eigenvalue weighted by Gasteiger charge is 2.35. The Bertz CT molecular complexity index is 1070. The number of anilines is 1. The number of carbonyl (C=O) groups is 1. The number of aliphatic hydroxyl groups excluding tert-OH is 1. The number of para-hydroxylation sites is 1. The number of piperazine rings is 1. The van der Waals surface area contributed by atoms with E-state index in [1.165, 1.54) is 19.2 Å². The first-order valence-electron chi connectivity index (χ1n) is 11.9. The molecule has 2 aliphatic rings. The molecule has 35 heavy (non-hydrogen) atoms. The van der Waals surface area contributed by atoms with Crippen molar-refractivity contribution in [1.29, 1.82) is 0 Å². The van der Waals surface area contributed by atoms with Gasteiger partial charge in [-0.25, -0.2) is 13.1 Å². The van der Waals surface area contributed by atoms with Gasteiger partial charge in [-0.1, -0.05) is 18.2 Å². The van der Waals surface area contributed by atoms with E-state index in [1.807, 2.05) is 23.1 Å². The largest absolute Gasteiger partial charge is 0.497 e. The van der Waals surface area contributed by atoms with Crippen LogP contribution in [0.25, 0.3) is 0 Å². The van der Waals surface area contributed by atoms with E-state index in [0.717, 1.165) is 18.8 Å². The van der Waals surface area contributed by atoms with Crippen LogP contribution < -0.4 is 14.4 Å². The molecular formula is C25H33N3O6S.